The number of hydrogen-bond acceptors (Lipinski definition) is 8. The SMILES string of the molecule is COCCOCCOCCOc1cccc(OCCOCCOCCOC)c1Br. The topological polar surface area (TPSA) is 73.8 Å². The standard InChI is InChI=1S/C20H33BrO8/c1-22-6-8-24-10-12-26-14-16-28-18-4-3-5-19(20(18)21)29-17-15-27-13-11-25-9-7-23-2/h3-5H,6-17H2,1-2H3. The van der Waals surface area contributed by atoms with Crippen molar-refractivity contribution in [3.8, 4) is 11.5 Å². The summed E-state index contributed by atoms with van der Waals surface area (Å²) in [5, 5.41) is 0. The Balaban J connectivity index is 2.11. The summed E-state index contributed by atoms with van der Waals surface area (Å²) in [5.74, 6) is 1.41. The van der Waals surface area contributed by atoms with Gasteiger partial charge in [0.25, 0.3) is 0 Å². The van der Waals surface area contributed by atoms with Crippen LogP contribution in [-0.4, -0.2) is 93.5 Å². The normalized spacial score (nSPS) is 11.0. The van der Waals surface area contributed by atoms with Crippen LogP contribution >= 0.6 is 15.9 Å². The summed E-state index contributed by atoms with van der Waals surface area (Å²) in [6.45, 7) is 6.27. The predicted molar refractivity (Wildman–Crippen MR) is 112 cm³/mol. The van der Waals surface area contributed by atoms with Gasteiger partial charge < -0.3 is 37.9 Å². The minimum atomic E-state index is 0.437. The highest BCUT2D eigenvalue weighted by Crippen LogP contribution is 2.34. The zero-order valence-electron chi connectivity index (χ0n) is 17.4. The summed E-state index contributed by atoms with van der Waals surface area (Å²) in [6, 6.07) is 5.63. The van der Waals surface area contributed by atoms with Crippen LogP contribution in [0.2, 0.25) is 0 Å². The lowest BCUT2D eigenvalue weighted by Crippen LogP contribution is -2.13. The molecule has 0 aliphatic carbocycles. The number of halogens is 1. The zero-order valence-corrected chi connectivity index (χ0v) is 18.9. The van der Waals surface area contributed by atoms with E-state index < -0.39 is 0 Å². The molecule has 0 radical (unpaired) electrons. The molecule has 1 aromatic rings. The van der Waals surface area contributed by atoms with Crippen LogP contribution in [-0.2, 0) is 28.4 Å². The van der Waals surface area contributed by atoms with Crippen LogP contribution in [0.3, 0.4) is 0 Å². The molecule has 8 nitrogen and oxygen atoms in total. The third-order valence-corrected chi connectivity index (χ3v) is 4.29. The van der Waals surface area contributed by atoms with Crippen molar-refractivity contribution in [3.63, 3.8) is 0 Å². The molecule has 0 fully saturated rings. The minimum Gasteiger partial charge on any atom is -0.490 e. The Hall–Kier alpha value is -0.940. The lowest BCUT2D eigenvalue weighted by molar-refractivity contribution is 0.0173. The molecular formula is C20H33BrO8. The smallest absolute Gasteiger partial charge is 0.137 e. The molecule has 29 heavy (non-hydrogen) atoms. The van der Waals surface area contributed by atoms with Gasteiger partial charge in [-0.2, -0.15) is 0 Å². The Morgan fingerprint density at radius 3 is 1.28 bits per heavy atom. The molecule has 0 N–H and O–H groups in total. The van der Waals surface area contributed by atoms with Crippen LogP contribution in [0.4, 0.5) is 0 Å². The average Bonchev–Trinajstić information content (AvgIpc) is 2.73. The third kappa shape index (κ3) is 13.8. The van der Waals surface area contributed by atoms with Crippen LogP contribution in [0.1, 0.15) is 0 Å². The van der Waals surface area contributed by atoms with Crippen molar-refractivity contribution in [3.05, 3.63) is 22.7 Å². The van der Waals surface area contributed by atoms with E-state index in [2.05, 4.69) is 15.9 Å². The molecule has 0 saturated heterocycles. The van der Waals surface area contributed by atoms with Gasteiger partial charge in [-0.3, -0.25) is 0 Å². The number of rotatable bonds is 20. The van der Waals surface area contributed by atoms with Gasteiger partial charge in [-0.25, -0.2) is 0 Å². The summed E-state index contributed by atoms with van der Waals surface area (Å²) in [5.41, 5.74) is 0. The van der Waals surface area contributed by atoms with Gasteiger partial charge in [0, 0.05) is 14.2 Å². The van der Waals surface area contributed by atoms with Gasteiger partial charge in [-0.1, -0.05) is 6.07 Å². The quantitative estimate of drug-likeness (QED) is 0.263. The van der Waals surface area contributed by atoms with Gasteiger partial charge in [-0.05, 0) is 28.1 Å². The molecule has 0 bridgehead atoms. The van der Waals surface area contributed by atoms with Gasteiger partial charge in [0.05, 0.1) is 66.1 Å². The maximum Gasteiger partial charge on any atom is 0.137 e. The van der Waals surface area contributed by atoms with Crippen molar-refractivity contribution in [2.45, 2.75) is 0 Å². The summed E-state index contributed by atoms with van der Waals surface area (Å²) in [4.78, 5) is 0. The van der Waals surface area contributed by atoms with E-state index in [1.165, 1.54) is 0 Å². The van der Waals surface area contributed by atoms with Crippen LogP contribution in [0.5, 0.6) is 11.5 Å². The summed E-state index contributed by atoms with van der Waals surface area (Å²) >= 11 is 3.52. The fraction of sp³-hybridized carbons (Fsp3) is 0.700. The molecule has 1 aromatic carbocycles. The highest BCUT2D eigenvalue weighted by Gasteiger charge is 2.08. The Kier molecular flexibility index (Phi) is 17.1. The molecule has 0 unspecified atom stereocenters. The van der Waals surface area contributed by atoms with E-state index in [9.17, 15) is 0 Å². The van der Waals surface area contributed by atoms with Crippen LogP contribution < -0.4 is 9.47 Å². The molecule has 0 atom stereocenters. The Labute approximate surface area is 181 Å². The van der Waals surface area contributed by atoms with Gasteiger partial charge in [0.2, 0.25) is 0 Å². The van der Waals surface area contributed by atoms with E-state index in [1.807, 2.05) is 18.2 Å². The molecule has 0 heterocycles. The first-order valence-electron chi connectivity index (χ1n) is 9.62. The van der Waals surface area contributed by atoms with E-state index in [4.69, 9.17) is 37.9 Å². The maximum atomic E-state index is 5.74. The van der Waals surface area contributed by atoms with Gasteiger partial charge in [0.1, 0.15) is 29.2 Å². The van der Waals surface area contributed by atoms with Crippen molar-refractivity contribution in [2.24, 2.45) is 0 Å². The molecule has 0 amide bonds. The maximum absolute atomic E-state index is 5.74. The number of benzene rings is 1. The van der Waals surface area contributed by atoms with Crippen LogP contribution in [0.25, 0.3) is 0 Å². The van der Waals surface area contributed by atoms with Crippen molar-refractivity contribution in [1.82, 2.24) is 0 Å². The summed E-state index contributed by atoms with van der Waals surface area (Å²) in [7, 11) is 3.29. The monoisotopic (exact) mass is 480 g/mol. The second kappa shape index (κ2) is 19.0. The number of hydrogen-bond donors (Lipinski definition) is 0. The Morgan fingerprint density at radius 1 is 0.552 bits per heavy atom. The molecular weight excluding hydrogens is 448 g/mol. The van der Waals surface area contributed by atoms with Crippen molar-refractivity contribution < 1.29 is 37.9 Å². The van der Waals surface area contributed by atoms with E-state index in [0.29, 0.717) is 90.8 Å². The van der Waals surface area contributed by atoms with Crippen molar-refractivity contribution >= 4 is 15.9 Å². The molecule has 0 saturated carbocycles. The van der Waals surface area contributed by atoms with E-state index in [-0.39, 0.29) is 0 Å². The Morgan fingerprint density at radius 2 is 0.897 bits per heavy atom. The largest absolute Gasteiger partial charge is 0.490 e. The second-order valence-corrected chi connectivity index (χ2v) is 6.49. The molecule has 0 aliphatic rings. The first kappa shape index (κ1) is 26.1. The lowest BCUT2D eigenvalue weighted by atomic mass is 10.3. The molecule has 0 aromatic heterocycles. The minimum absolute atomic E-state index is 0.437. The molecule has 168 valence electrons. The van der Waals surface area contributed by atoms with Crippen LogP contribution in [0, 0.1) is 0 Å². The lowest BCUT2D eigenvalue weighted by Gasteiger charge is -2.13. The molecule has 9 heteroatoms. The second-order valence-electron chi connectivity index (χ2n) is 5.70. The fourth-order valence-corrected chi connectivity index (χ4v) is 2.56. The van der Waals surface area contributed by atoms with E-state index in [1.54, 1.807) is 14.2 Å². The molecule has 0 spiro atoms. The van der Waals surface area contributed by atoms with Crippen molar-refractivity contribution in [2.75, 3.05) is 93.5 Å². The summed E-state index contributed by atoms with van der Waals surface area (Å²) < 4.78 is 43.6. The fourth-order valence-electron chi connectivity index (χ4n) is 2.06. The average molecular weight is 481 g/mol. The van der Waals surface area contributed by atoms with Crippen molar-refractivity contribution in [1.29, 1.82) is 0 Å². The Bertz CT molecular complexity index is 463. The number of ether oxygens (including phenoxy) is 8. The van der Waals surface area contributed by atoms with Gasteiger partial charge >= 0.3 is 0 Å². The zero-order chi connectivity index (χ0) is 21.0. The van der Waals surface area contributed by atoms with Gasteiger partial charge in [-0.15, -0.1) is 0 Å². The third-order valence-electron chi connectivity index (χ3n) is 3.51. The number of methoxy groups -OCH3 is 2. The summed E-state index contributed by atoms with van der Waals surface area (Å²) in [6.07, 6.45) is 0. The molecule has 0 aliphatic heterocycles. The highest BCUT2D eigenvalue weighted by atomic mass is 79.9. The molecule has 1 rings (SSSR count). The van der Waals surface area contributed by atoms with E-state index >= 15 is 0 Å². The first-order chi connectivity index (χ1) is 14.3. The van der Waals surface area contributed by atoms with Crippen LogP contribution in [0.15, 0.2) is 22.7 Å². The first-order valence-corrected chi connectivity index (χ1v) is 10.4. The predicted octanol–water partition coefficient (Wildman–Crippen LogP) is 2.57. The highest BCUT2D eigenvalue weighted by molar-refractivity contribution is 9.10. The van der Waals surface area contributed by atoms with Gasteiger partial charge in [0.15, 0.2) is 0 Å². The van der Waals surface area contributed by atoms with E-state index in [0.717, 1.165) is 4.47 Å².